The van der Waals surface area contributed by atoms with E-state index < -0.39 is 29.7 Å². The van der Waals surface area contributed by atoms with E-state index in [2.05, 4.69) is 38.0 Å². The maximum Gasteiger partial charge on any atom is 0.408 e. The van der Waals surface area contributed by atoms with Crippen molar-refractivity contribution in [2.45, 2.75) is 45.4 Å². The highest BCUT2D eigenvalue weighted by Gasteiger charge is 2.37. The Labute approximate surface area is 273 Å². The summed E-state index contributed by atoms with van der Waals surface area (Å²) in [5.74, 6) is 5.56. The summed E-state index contributed by atoms with van der Waals surface area (Å²) in [6.45, 7) is 8.21. The summed E-state index contributed by atoms with van der Waals surface area (Å²) in [7, 11) is 0. The molecule has 0 bridgehead atoms. The number of ether oxygens (including phenoxy) is 1. The fraction of sp³-hybridized carbons (Fsp3) is 0.278. The molecule has 1 aliphatic rings. The molecule has 0 saturated carbocycles. The lowest BCUT2D eigenvalue weighted by atomic mass is 10.0. The van der Waals surface area contributed by atoms with E-state index in [1.807, 2.05) is 25.1 Å². The molecule has 5 rings (SSSR count). The van der Waals surface area contributed by atoms with Crippen molar-refractivity contribution in [3.05, 3.63) is 101 Å². The lowest BCUT2D eigenvalue weighted by Crippen LogP contribution is -2.60. The molecule has 0 unspecified atom stereocenters. The normalized spacial score (nSPS) is 15.1. The first-order valence-corrected chi connectivity index (χ1v) is 15.3. The molecule has 1 aliphatic heterocycles. The largest absolute Gasteiger partial charge is 0.507 e. The van der Waals surface area contributed by atoms with Gasteiger partial charge in [-0.15, -0.1) is 0 Å². The van der Waals surface area contributed by atoms with E-state index in [-0.39, 0.29) is 24.7 Å². The van der Waals surface area contributed by atoms with Gasteiger partial charge in [-0.25, -0.2) is 4.79 Å². The van der Waals surface area contributed by atoms with Crippen molar-refractivity contribution in [1.82, 2.24) is 25.7 Å². The number of alkyl carbamates (subject to hydrolysis) is 1. The van der Waals surface area contributed by atoms with Crippen LogP contribution in [0.2, 0.25) is 0 Å². The van der Waals surface area contributed by atoms with Gasteiger partial charge in [0.05, 0.1) is 17.5 Å². The summed E-state index contributed by atoms with van der Waals surface area (Å²) in [5, 5.41) is 26.2. The molecular formula is C36H38N6O5. The standard InChI is InChI=1S/C36H38N6O5/c1-23-10-17-30(43)28(20-23)31-26(21-38-41-31)14-11-24-12-15-27(16-13-24)39-33(44)29-22-37-18-19-42(29)34(45)32(25-8-6-5-7-9-25)40-35(46)47-36(2,3)4/h5-10,12-13,15-17,20-21,29,32,37,43H,18-19,22H2,1-4H3,(H,38,41)(H,39,44)(H,40,46)/t29-,32+/m0/s1. The van der Waals surface area contributed by atoms with Gasteiger partial charge < -0.3 is 30.7 Å². The molecule has 3 amide bonds. The number of hydrogen-bond acceptors (Lipinski definition) is 7. The van der Waals surface area contributed by atoms with Gasteiger partial charge in [-0.1, -0.05) is 53.8 Å². The van der Waals surface area contributed by atoms with Crippen LogP contribution < -0.4 is 16.0 Å². The van der Waals surface area contributed by atoms with Gasteiger partial charge in [-0.05, 0) is 69.7 Å². The van der Waals surface area contributed by atoms with E-state index in [0.29, 0.717) is 40.2 Å². The fourth-order valence-corrected chi connectivity index (χ4v) is 5.17. The van der Waals surface area contributed by atoms with Gasteiger partial charge in [0.15, 0.2) is 0 Å². The van der Waals surface area contributed by atoms with Crippen molar-refractivity contribution in [3.8, 4) is 28.8 Å². The van der Waals surface area contributed by atoms with E-state index in [9.17, 15) is 19.5 Å². The lowest BCUT2D eigenvalue weighted by molar-refractivity contribution is -0.141. The maximum absolute atomic E-state index is 13.9. The first kappa shape index (κ1) is 32.8. The van der Waals surface area contributed by atoms with Crippen molar-refractivity contribution in [2.24, 2.45) is 0 Å². The maximum atomic E-state index is 13.9. The molecule has 1 saturated heterocycles. The zero-order valence-electron chi connectivity index (χ0n) is 26.8. The minimum Gasteiger partial charge on any atom is -0.507 e. The fourth-order valence-electron chi connectivity index (χ4n) is 5.17. The van der Waals surface area contributed by atoms with Gasteiger partial charge >= 0.3 is 6.09 Å². The van der Waals surface area contributed by atoms with Gasteiger partial charge in [0.25, 0.3) is 5.91 Å². The number of hydrogen-bond donors (Lipinski definition) is 5. The number of nitrogens with one attached hydrogen (secondary N) is 4. The molecule has 2 atom stereocenters. The van der Waals surface area contributed by atoms with Crippen LogP contribution in [0.15, 0.2) is 79.0 Å². The number of rotatable bonds is 6. The SMILES string of the molecule is Cc1ccc(O)c(-c2[nH]ncc2C#Cc2ccc(NC(=O)[C@@H]3CNCCN3C(=O)[C@H](NC(=O)OC(C)(C)C)c3ccccc3)cc2)c1. The zero-order chi connectivity index (χ0) is 33.6. The Bertz CT molecular complexity index is 1800. The van der Waals surface area contributed by atoms with Gasteiger partial charge in [0.1, 0.15) is 23.4 Å². The number of benzene rings is 3. The minimum absolute atomic E-state index is 0.131. The second kappa shape index (κ2) is 14.2. The Morgan fingerprint density at radius 1 is 1.04 bits per heavy atom. The number of phenolic OH excluding ortho intramolecular Hbond substituents is 1. The second-order valence-electron chi connectivity index (χ2n) is 12.2. The molecule has 5 N–H and O–H groups in total. The number of aryl methyl sites for hydroxylation is 1. The molecule has 47 heavy (non-hydrogen) atoms. The number of anilines is 1. The summed E-state index contributed by atoms with van der Waals surface area (Å²) in [6.07, 6.45) is 0.881. The third-order valence-corrected chi connectivity index (χ3v) is 7.42. The second-order valence-corrected chi connectivity index (χ2v) is 12.2. The van der Waals surface area contributed by atoms with E-state index in [1.165, 1.54) is 4.90 Å². The van der Waals surface area contributed by atoms with E-state index >= 15 is 0 Å². The van der Waals surface area contributed by atoms with Crippen molar-refractivity contribution in [3.63, 3.8) is 0 Å². The van der Waals surface area contributed by atoms with Crippen LogP contribution in [0.1, 0.15) is 49.1 Å². The number of aromatic amines is 1. The van der Waals surface area contributed by atoms with Crippen LogP contribution in [-0.4, -0.2) is 69.4 Å². The van der Waals surface area contributed by atoms with Crippen LogP contribution in [-0.2, 0) is 14.3 Å². The summed E-state index contributed by atoms with van der Waals surface area (Å²) in [6, 6.07) is 19.4. The number of H-pyrrole nitrogens is 1. The summed E-state index contributed by atoms with van der Waals surface area (Å²) in [5.41, 5.74) is 3.94. The molecule has 1 aromatic heterocycles. The molecule has 11 heteroatoms. The molecule has 4 aromatic rings. The Kier molecular flexibility index (Phi) is 9.92. The third-order valence-electron chi connectivity index (χ3n) is 7.42. The molecule has 1 fully saturated rings. The Balaban J connectivity index is 1.29. The number of carbonyl (C=O) groups is 3. The number of phenols is 1. The van der Waals surface area contributed by atoms with Gasteiger partial charge in [-0.3, -0.25) is 14.7 Å². The summed E-state index contributed by atoms with van der Waals surface area (Å²) >= 11 is 0. The van der Waals surface area contributed by atoms with Crippen LogP contribution >= 0.6 is 0 Å². The highest BCUT2D eigenvalue weighted by Crippen LogP contribution is 2.30. The van der Waals surface area contributed by atoms with Crippen LogP contribution in [0.5, 0.6) is 5.75 Å². The molecule has 11 nitrogen and oxygen atoms in total. The van der Waals surface area contributed by atoms with Crippen molar-refractivity contribution in [1.29, 1.82) is 0 Å². The van der Waals surface area contributed by atoms with Crippen LogP contribution in [0.4, 0.5) is 10.5 Å². The number of nitrogens with zero attached hydrogens (tertiary/aromatic N) is 2. The quantitative estimate of drug-likeness (QED) is 0.196. The van der Waals surface area contributed by atoms with Crippen molar-refractivity contribution in [2.75, 3.05) is 25.0 Å². The van der Waals surface area contributed by atoms with E-state index in [1.54, 1.807) is 81.6 Å². The molecule has 0 radical (unpaired) electrons. The average molecular weight is 635 g/mol. The zero-order valence-corrected chi connectivity index (χ0v) is 26.8. The lowest BCUT2D eigenvalue weighted by Gasteiger charge is -2.37. The smallest absolute Gasteiger partial charge is 0.408 e. The van der Waals surface area contributed by atoms with Crippen LogP contribution in [0, 0.1) is 18.8 Å². The third kappa shape index (κ3) is 8.36. The van der Waals surface area contributed by atoms with E-state index in [0.717, 1.165) is 5.56 Å². The van der Waals surface area contributed by atoms with Gasteiger partial charge in [-0.2, -0.15) is 5.10 Å². The Morgan fingerprint density at radius 3 is 2.51 bits per heavy atom. The van der Waals surface area contributed by atoms with Gasteiger partial charge in [0.2, 0.25) is 5.91 Å². The highest BCUT2D eigenvalue weighted by molar-refractivity contribution is 5.99. The number of amides is 3. The monoisotopic (exact) mass is 634 g/mol. The molecule has 2 heterocycles. The van der Waals surface area contributed by atoms with Gasteiger partial charge in [0, 0.05) is 36.4 Å². The number of carbonyl (C=O) groups excluding carboxylic acids is 3. The molecule has 0 spiro atoms. The van der Waals surface area contributed by atoms with Crippen molar-refractivity contribution >= 4 is 23.6 Å². The number of piperazine rings is 1. The summed E-state index contributed by atoms with van der Waals surface area (Å²) in [4.78, 5) is 41.7. The van der Waals surface area contributed by atoms with Crippen molar-refractivity contribution < 1.29 is 24.2 Å². The Morgan fingerprint density at radius 2 is 1.79 bits per heavy atom. The average Bonchev–Trinajstić information content (AvgIpc) is 3.52. The minimum atomic E-state index is -1.04. The predicted octanol–water partition coefficient (Wildman–Crippen LogP) is 4.50. The topological polar surface area (TPSA) is 149 Å². The Hall–Kier alpha value is -5.60. The predicted molar refractivity (Wildman–Crippen MR) is 178 cm³/mol. The van der Waals surface area contributed by atoms with Crippen LogP contribution in [0.25, 0.3) is 11.3 Å². The molecule has 0 aliphatic carbocycles. The first-order chi connectivity index (χ1) is 22.5. The molecule has 242 valence electrons. The first-order valence-electron chi connectivity index (χ1n) is 15.3. The number of aromatic nitrogens is 2. The molecule has 3 aromatic carbocycles. The summed E-state index contributed by atoms with van der Waals surface area (Å²) < 4.78 is 5.43. The number of aromatic hydroxyl groups is 1. The highest BCUT2D eigenvalue weighted by atomic mass is 16.6. The van der Waals surface area contributed by atoms with E-state index in [4.69, 9.17) is 4.74 Å². The van der Waals surface area contributed by atoms with Crippen LogP contribution in [0.3, 0.4) is 0 Å². The molecular weight excluding hydrogens is 596 g/mol.